The Morgan fingerprint density at radius 3 is 2.90 bits per heavy atom. The SMILES string of the molecule is O=C1c2sc3nc4n(c(=O)c3c2CC[C@@H]1Br)CCCCC4. The zero-order chi connectivity index (χ0) is 14.6. The zero-order valence-electron chi connectivity index (χ0n) is 11.5. The minimum atomic E-state index is -0.112. The molecule has 0 spiro atoms. The van der Waals surface area contributed by atoms with Crippen LogP contribution in [0, 0.1) is 0 Å². The van der Waals surface area contributed by atoms with Crippen LogP contribution in [-0.2, 0) is 19.4 Å². The van der Waals surface area contributed by atoms with E-state index in [-0.39, 0.29) is 16.2 Å². The molecule has 0 aromatic carbocycles. The lowest BCUT2D eigenvalue weighted by atomic mass is 9.96. The number of carbonyl (C=O) groups excluding carboxylic acids is 1. The normalized spacial score (nSPS) is 22.0. The van der Waals surface area contributed by atoms with Crippen LogP contribution in [0.4, 0.5) is 0 Å². The largest absolute Gasteiger partial charge is 0.296 e. The van der Waals surface area contributed by atoms with Crippen molar-refractivity contribution in [3.8, 4) is 0 Å². The molecular formula is C15H15BrN2O2S. The number of nitrogens with zero attached hydrogens (tertiary/aromatic N) is 2. The Hall–Kier alpha value is -1.01. The number of Topliss-reactive ketones (excluding diaryl/α,β-unsaturated/α-hetero) is 1. The van der Waals surface area contributed by atoms with Crippen molar-refractivity contribution in [2.75, 3.05) is 0 Å². The van der Waals surface area contributed by atoms with Gasteiger partial charge in [0.1, 0.15) is 10.7 Å². The van der Waals surface area contributed by atoms with Gasteiger partial charge in [-0.15, -0.1) is 11.3 Å². The maximum Gasteiger partial charge on any atom is 0.262 e. The standard InChI is InChI=1S/C15H15BrN2O2S/c16-9-6-5-8-11-14(21-13(8)12(9)19)17-10-4-2-1-3-7-18(10)15(11)20/h9H,1-7H2/t9-/m0/s1. The van der Waals surface area contributed by atoms with Crippen LogP contribution in [0.2, 0.25) is 0 Å². The maximum absolute atomic E-state index is 12.9. The minimum absolute atomic E-state index is 0.0650. The second-order valence-electron chi connectivity index (χ2n) is 5.76. The average molecular weight is 367 g/mol. The van der Waals surface area contributed by atoms with Gasteiger partial charge in [0.05, 0.1) is 15.1 Å². The Morgan fingerprint density at radius 1 is 1.19 bits per heavy atom. The monoisotopic (exact) mass is 366 g/mol. The van der Waals surface area contributed by atoms with Gasteiger partial charge in [0.25, 0.3) is 5.56 Å². The van der Waals surface area contributed by atoms with E-state index in [1.54, 1.807) is 0 Å². The molecule has 2 aromatic heterocycles. The summed E-state index contributed by atoms with van der Waals surface area (Å²) in [5.41, 5.74) is 1.00. The summed E-state index contributed by atoms with van der Waals surface area (Å²) >= 11 is 4.83. The lowest BCUT2D eigenvalue weighted by Gasteiger charge is -2.15. The number of aromatic nitrogens is 2. The summed E-state index contributed by atoms with van der Waals surface area (Å²) in [7, 11) is 0. The molecule has 110 valence electrons. The second kappa shape index (κ2) is 5.02. The molecular weight excluding hydrogens is 352 g/mol. The molecule has 0 radical (unpaired) electrons. The summed E-state index contributed by atoms with van der Waals surface area (Å²) in [4.78, 5) is 31.3. The van der Waals surface area contributed by atoms with Crippen molar-refractivity contribution in [2.45, 2.75) is 49.9 Å². The van der Waals surface area contributed by atoms with Crippen molar-refractivity contribution in [2.24, 2.45) is 0 Å². The van der Waals surface area contributed by atoms with Crippen LogP contribution in [0.15, 0.2) is 4.79 Å². The number of fused-ring (bicyclic) bond motifs is 4. The zero-order valence-corrected chi connectivity index (χ0v) is 13.9. The number of rotatable bonds is 0. The van der Waals surface area contributed by atoms with E-state index in [2.05, 4.69) is 15.9 Å². The van der Waals surface area contributed by atoms with E-state index in [1.165, 1.54) is 11.3 Å². The molecule has 0 saturated heterocycles. The van der Waals surface area contributed by atoms with E-state index in [0.717, 1.165) is 66.2 Å². The Labute approximate surface area is 134 Å². The third-order valence-electron chi connectivity index (χ3n) is 4.43. The predicted molar refractivity (Wildman–Crippen MR) is 86.8 cm³/mol. The molecule has 21 heavy (non-hydrogen) atoms. The molecule has 6 heteroatoms. The molecule has 1 aliphatic carbocycles. The van der Waals surface area contributed by atoms with E-state index in [4.69, 9.17) is 4.98 Å². The first kappa shape index (κ1) is 13.6. The smallest absolute Gasteiger partial charge is 0.262 e. The lowest BCUT2D eigenvalue weighted by Crippen LogP contribution is -2.26. The highest BCUT2D eigenvalue weighted by Crippen LogP contribution is 2.36. The summed E-state index contributed by atoms with van der Waals surface area (Å²) in [6.07, 6.45) is 5.69. The van der Waals surface area contributed by atoms with Crippen molar-refractivity contribution < 1.29 is 4.79 Å². The molecule has 0 unspecified atom stereocenters. The van der Waals surface area contributed by atoms with Gasteiger partial charge in [0, 0.05) is 13.0 Å². The van der Waals surface area contributed by atoms with Gasteiger partial charge in [0.15, 0.2) is 5.78 Å². The molecule has 4 rings (SSSR count). The molecule has 0 bridgehead atoms. The fraction of sp³-hybridized carbons (Fsp3) is 0.533. The predicted octanol–water partition coefficient (Wildman–Crippen LogP) is 3.08. The third-order valence-corrected chi connectivity index (χ3v) is 6.44. The van der Waals surface area contributed by atoms with E-state index in [1.807, 2.05) is 4.57 Å². The second-order valence-corrected chi connectivity index (χ2v) is 7.86. The van der Waals surface area contributed by atoms with Crippen LogP contribution in [0.1, 0.15) is 46.7 Å². The van der Waals surface area contributed by atoms with Gasteiger partial charge in [-0.25, -0.2) is 4.98 Å². The molecule has 0 N–H and O–H groups in total. The number of halogens is 1. The number of hydrogen-bond donors (Lipinski definition) is 0. The Balaban J connectivity index is 2.01. The molecule has 1 aliphatic heterocycles. The fourth-order valence-corrected chi connectivity index (χ4v) is 5.15. The highest BCUT2D eigenvalue weighted by molar-refractivity contribution is 9.10. The van der Waals surface area contributed by atoms with Crippen LogP contribution in [-0.4, -0.2) is 20.2 Å². The average Bonchev–Trinajstić information content (AvgIpc) is 2.67. The van der Waals surface area contributed by atoms with Gasteiger partial charge in [-0.1, -0.05) is 22.4 Å². The number of aryl methyl sites for hydroxylation is 2. The van der Waals surface area contributed by atoms with Crippen LogP contribution >= 0.6 is 27.3 Å². The first-order valence-electron chi connectivity index (χ1n) is 7.40. The van der Waals surface area contributed by atoms with Crippen molar-refractivity contribution >= 4 is 43.3 Å². The van der Waals surface area contributed by atoms with Gasteiger partial charge < -0.3 is 0 Å². The molecule has 2 aliphatic rings. The molecule has 1 atom stereocenters. The summed E-state index contributed by atoms with van der Waals surface area (Å²) in [6, 6.07) is 0. The quantitative estimate of drug-likeness (QED) is 0.673. The van der Waals surface area contributed by atoms with E-state index < -0.39 is 0 Å². The van der Waals surface area contributed by atoms with Gasteiger partial charge >= 0.3 is 0 Å². The maximum atomic E-state index is 12.9. The first-order valence-corrected chi connectivity index (χ1v) is 9.13. The van der Waals surface area contributed by atoms with Crippen molar-refractivity contribution in [3.63, 3.8) is 0 Å². The van der Waals surface area contributed by atoms with Gasteiger partial charge in [-0.05, 0) is 31.2 Å². The summed E-state index contributed by atoms with van der Waals surface area (Å²) < 4.78 is 1.84. The van der Waals surface area contributed by atoms with Crippen molar-refractivity contribution in [3.05, 3.63) is 26.6 Å². The molecule has 3 heterocycles. The number of thiophene rings is 1. The van der Waals surface area contributed by atoms with Crippen LogP contribution in [0.3, 0.4) is 0 Å². The summed E-state index contributed by atoms with van der Waals surface area (Å²) in [6.45, 7) is 0.761. The summed E-state index contributed by atoms with van der Waals surface area (Å²) in [5.74, 6) is 1.00. The van der Waals surface area contributed by atoms with Crippen LogP contribution in [0.25, 0.3) is 10.2 Å². The summed E-state index contributed by atoms with van der Waals surface area (Å²) in [5, 5.41) is 0.702. The Bertz CT molecular complexity index is 808. The number of carbonyl (C=O) groups is 1. The van der Waals surface area contributed by atoms with Crippen molar-refractivity contribution in [1.82, 2.24) is 9.55 Å². The van der Waals surface area contributed by atoms with Gasteiger partial charge in [-0.3, -0.25) is 14.2 Å². The van der Waals surface area contributed by atoms with Crippen molar-refractivity contribution in [1.29, 1.82) is 0 Å². The molecule has 0 amide bonds. The molecule has 0 fully saturated rings. The van der Waals surface area contributed by atoms with E-state index >= 15 is 0 Å². The Kier molecular flexibility index (Phi) is 3.26. The Morgan fingerprint density at radius 2 is 2.05 bits per heavy atom. The third kappa shape index (κ3) is 2.03. The van der Waals surface area contributed by atoms with Crippen LogP contribution in [0.5, 0.6) is 0 Å². The van der Waals surface area contributed by atoms with E-state index in [0.29, 0.717) is 5.39 Å². The lowest BCUT2D eigenvalue weighted by molar-refractivity contribution is 0.0986. The molecule has 2 aromatic rings. The minimum Gasteiger partial charge on any atom is -0.296 e. The van der Waals surface area contributed by atoms with Crippen LogP contribution < -0.4 is 5.56 Å². The highest BCUT2D eigenvalue weighted by atomic mass is 79.9. The topological polar surface area (TPSA) is 52.0 Å². The molecule has 0 saturated carbocycles. The number of hydrogen-bond acceptors (Lipinski definition) is 4. The highest BCUT2D eigenvalue weighted by Gasteiger charge is 2.31. The van der Waals surface area contributed by atoms with Gasteiger partial charge in [-0.2, -0.15) is 0 Å². The van der Waals surface area contributed by atoms with Gasteiger partial charge in [0.2, 0.25) is 0 Å². The molecule has 4 nitrogen and oxygen atoms in total. The number of ketones is 1. The van der Waals surface area contributed by atoms with E-state index in [9.17, 15) is 9.59 Å². The fourth-order valence-electron chi connectivity index (χ4n) is 3.31. The first-order chi connectivity index (χ1) is 10.2. The number of alkyl halides is 1.